The summed E-state index contributed by atoms with van der Waals surface area (Å²) >= 11 is 0. The normalized spacial score (nSPS) is 13.1. The molecular weight excluding hydrogens is 719 g/mol. The van der Waals surface area contributed by atoms with E-state index in [0.29, 0.717) is 17.5 Å². The van der Waals surface area contributed by atoms with E-state index in [4.69, 9.17) is 15.0 Å². The molecule has 1 aliphatic rings. The maximum absolute atomic E-state index is 4.98. The van der Waals surface area contributed by atoms with Crippen molar-refractivity contribution in [3.8, 4) is 56.7 Å². The summed E-state index contributed by atoms with van der Waals surface area (Å²) < 4.78 is 4.83. The molecule has 0 fully saturated rings. The Balaban J connectivity index is 0.999. The van der Waals surface area contributed by atoms with Gasteiger partial charge in [0.15, 0.2) is 17.5 Å². The quantitative estimate of drug-likeness (QED) is 0.176. The first kappa shape index (κ1) is 33.5. The number of para-hydroxylation sites is 2. The highest BCUT2D eigenvalue weighted by atomic mass is 15.0. The van der Waals surface area contributed by atoms with Crippen LogP contribution < -0.4 is 0 Å². The van der Waals surface area contributed by atoms with Gasteiger partial charge in [0.1, 0.15) is 0 Å². The molecule has 0 unspecified atom stereocenters. The van der Waals surface area contributed by atoms with Gasteiger partial charge in [-0.05, 0) is 89.0 Å². The molecule has 0 N–H and O–H groups in total. The Bertz CT molecular complexity index is 3390. The fourth-order valence-corrected chi connectivity index (χ4v) is 9.52. The molecule has 5 nitrogen and oxygen atoms in total. The van der Waals surface area contributed by atoms with Crippen LogP contribution in [0.25, 0.3) is 100 Å². The summed E-state index contributed by atoms with van der Waals surface area (Å²) in [6, 6.07) is 67.1. The summed E-state index contributed by atoms with van der Waals surface area (Å²) in [5.74, 6) is 1.94. The standard InChI is InChI=1S/C54H37N5/c1-54(2)45-22-12-9-19-39(45)42-32-44-41-21-11-14-24-48(41)59(50(44)33-46(42)54)38-29-30-49-43(31-38)40-20-10-13-23-47(40)58(49)37-27-25-36(26-28-37)53-56-51(34-15-5-3-6-16-34)55-52(57-53)35-17-7-4-8-18-35/h3-33H,1-2H3. The first-order chi connectivity index (χ1) is 29.0. The second-order valence-corrected chi connectivity index (χ2v) is 16.1. The molecule has 5 heteroatoms. The predicted molar refractivity (Wildman–Crippen MR) is 242 cm³/mol. The third-order valence-corrected chi connectivity index (χ3v) is 12.4. The zero-order chi connectivity index (χ0) is 39.2. The fourth-order valence-electron chi connectivity index (χ4n) is 9.52. The highest BCUT2D eigenvalue weighted by Crippen LogP contribution is 2.51. The highest BCUT2D eigenvalue weighted by Gasteiger charge is 2.36. The van der Waals surface area contributed by atoms with Crippen LogP contribution in [0.1, 0.15) is 25.0 Å². The minimum absolute atomic E-state index is 0.0911. The molecule has 59 heavy (non-hydrogen) atoms. The zero-order valence-corrected chi connectivity index (χ0v) is 32.6. The van der Waals surface area contributed by atoms with E-state index in [2.05, 4.69) is 150 Å². The van der Waals surface area contributed by atoms with Gasteiger partial charge in [0, 0.05) is 55.0 Å². The van der Waals surface area contributed by atoms with Gasteiger partial charge in [-0.1, -0.05) is 135 Å². The summed E-state index contributed by atoms with van der Waals surface area (Å²) in [5.41, 5.74) is 15.2. The van der Waals surface area contributed by atoms with Crippen LogP contribution in [0, 0.1) is 0 Å². The lowest BCUT2D eigenvalue weighted by Gasteiger charge is -2.21. The number of hydrogen-bond acceptors (Lipinski definition) is 3. The third-order valence-electron chi connectivity index (χ3n) is 12.4. The smallest absolute Gasteiger partial charge is 0.164 e. The number of hydrogen-bond donors (Lipinski definition) is 0. The summed E-state index contributed by atoms with van der Waals surface area (Å²) in [6.45, 7) is 4.72. The summed E-state index contributed by atoms with van der Waals surface area (Å²) in [4.78, 5) is 14.8. The Morgan fingerprint density at radius 3 is 1.44 bits per heavy atom. The van der Waals surface area contributed by atoms with Crippen LogP contribution in [0.2, 0.25) is 0 Å². The Morgan fingerprint density at radius 1 is 0.339 bits per heavy atom. The van der Waals surface area contributed by atoms with Gasteiger partial charge in [0.25, 0.3) is 0 Å². The van der Waals surface area contributed by atoms with E-state index in [1.54, 1.807) is 0 Å². The first-order valence-corrected chi connectivity index (χ1v) is 20.2. The van der Waals surface area contributed by atoms with Crippen molar-refractivity contribution < 1.29 is 0 Å². The molecule has 0 saturated heterocycles. The third kappa shape index (κ3) is 5.08. The van der Waals surface area contributed by atoms with Gasteiger partial charge in [-0.3, -0.25) is 0 Å². The van der Waals surface area contributed by atoms with Gasteiger partial charge in [0.2, 0.25) is 0 Å². The van der Waals surface area contributed by atoms with Crippen LogP contribution in [0.3, 0.4) is 0 Å². The summed E-state index contributed by atoms with van der Waals surface area (Å²) in [7, 11) is 0. The minimum atomic E-state index is -0.0911. The molecule has 3 heterocycles. The lowest BCUT2D eigenvalue weighted by Crippen LogP contribution is -2.14. The number of aromatic nitrogens is 5. The van der Waals surface area contributed by atoms with Gasteiger partial charge >= 0.3 is 0 Å². The number of rotatable bonds is 5. The van der Waals surface area contributed by atoms with E-state index in [0.717, 1.165) is 39.1 Å². The number of fused-ring (bicyclic) bond motifs is 9. The van der Waals surface area contributed by atoms with Crippen molar-refractivity contribution in [1.29, 1.82) is 0 Å². The van der Waals surface area contributed by atoms with Crippen molar-refractivity contribution >= 4 is 43.6 Å². The van der Waals surface area contributed by atoms with Gasteiger partial charge in [0.05, 0.1) is 22.1 Å². The predicted octanol–water partition coefficient (Wildman–Crippen LogP) is 13.4. The molecule has 0 aliphatic heterocycles. The SMILES string of the molecule is CC1(C)c2ccccc2-c2cc3c4ccccc4n(-c4ccc5c(c4)c4ccccc4n5-c4ccc(-c5nc(-c6ccccc6)nc(-c6ccccc6)n5)cc4)c3cc21. The average molecular weight is 756 g/mol. The summed E-state index contributed by atoms with van der Waals surface area (Å²) in [6.07, 6.45) is 0. The van der Waals surface area contributed by atoms with Crippen LogP contribution >= 0.6 is 0 Å². The van der Waals surface area contributed by atoms with E-state index >= 15 is 0 Å². The molecule has 278 valence electrons. The van der Waals surface area contributed by atoms with Crippen molar-refractivity contribution in [2.24, 2.45) is 0 Å². The maximum Gasteiger partial charge on any atom is 0.164 e. The Morgan fingerprint density at radius 2 is 0.814 bits per heavy atom. The molecule has 1 aliphatic carbocycles. The Hall–Kier alpha value is -7.63. The van der Waals surface area contributed by atoms with Gasteiger partial charge in [-0.2, -0.15) is 0 Å². The largest absolute Gasteiger partial charge is 0.309 e. The molecule has 3 aromatic heterocycles. The highest BCUT2D eigenvalue weighted by molar-refractivity contribution is 6.13. The van der Waals surface area contributed by atoms with Crippen molar-refractivity contribution in [2.45, 2.75) is 19.3 Å². The molecule has 0 spiro atoms. The fraction of sp³-hybridized carbons (Fsp3) is 0.0556. The van der Waals surface area contributed by atoms with E-state index < -0.39 is 0 Å². The van der Waals surface area contributed by atoms with Crippen molar-refractivity contribution in [3.05, 3.63) is 199 Å². The molecular formula is C54H37N5. The van der Waals surface area contributed by atoms with E-state index in [1.807, 2.05) is 60.7 Å². The lowest BCUT2D eigenvalue weighted by molar-refractivity contribution is 0.661. The van der Waals surface area contributed by atoms with Gasteiger partial charge in [-0.25, -0.2) is 15.0 Å². The van der Waals surface area contributed by atoms with Crippen LogP contribution in [-0.2, 0) is 5.41 Å². The summed E-state index contributed by atoms with van der Waals surface area (Å²) in [5, 5.41) is 4.96. The van der Waals surface area contributed by atoms with Crippen molar-refractivity contribution in [3.63, 3.8) is 0 Å². The van der Waals surface area contributed by atoms with Gasteiger partial charge in [-0.15, -0.1) is 0 Å². The van der Waals surface area contributed by atoms with Crippen LogP contribution in [0.15, 0.2) is 188 Å². The first-order valence-electron chi connectivity index (χ1n) is 20.2. The maximum atomic E-state index is 4.98. The molecule has 0 saturated carbocycles. The molecule has 8 aromatic carbocycles. The van der Waals surface area contributed by atoms with Gasteiger partial charge < -0.3 is 9.13 Å². The van der Waals surface area contributed by atoms with Crippen molar-refractivity contribution in [2.75, 3.05) is 0 Å². The van der Waals surface area contributed by atoms with Crippen LogP contribution in [0.4, 0.5) is 0 Å². The Labute approximate surface area is 341 Å². The molecule has 12 rings (SSSR count). The van der Waals surface area contributed by atoms with E-state index in [9.17, 15) is 0 Å². The zero-order valence-electron chi connectivity index (χ0n) is 32.6. The molecule has 0 amide bonds. The average Bonchev–Trinajstić information content (AvgIpc) is 3.88. The van der Waals surface area contributed by atoms with Crippen molar-refractivity contribution in [1.82, 2.24) is 24.1 Å². The monoisotopic (exact) mass is 755 g/mol. The molecule has 11 aromatic rings. The Kier molecular flexibility index (Phi) is 7.20. The topological polar surface area (TPSA) is 48.5 Å². The number of benzene rings is 8. The van der Waals surface area contributed by atoms with E-state index in [1.165, 1.54) is 54.8 Å². The molecule has 0 atom stereocenters. The molecule has 0 radical (unpaired) electrons. The van der Waals surface area contributed by atoms with E-state index in [-0.39, 0.29) is 5.41 Å². The lowest BCUT2D eigenvalue weighted by atomic mass is 9.82. The van der Waals surface area contributed by atoms with Crippen LogP contribution in [-0.4, -0.2) is 24.1 Å². The molecule has 0 bridgehead atoms. The second-order valence-electron chi connectivity index (χ2n) is 16.1. The van der Waals surface area contributed by atoms with Crippen LogP contribution in [0.5, 0.6) is 0 Å². The minimum Gasteiger partial charge on any atom is -0.309 e. The number of nitrogens with zero attached hydrogens (tertiary/aromatic N) is 5. The second kappa shape index (κ2) is 12.7.